The van der Waals surface area contributed by atoms with Crippen molar-refractivity contribution < 1.29 is 9.32 Å². The van der Waals surface area contributed by atoms with E-state index in [2.05, 4.69) is 59.0 Å². The van der Waals surface area contributed by atoms with Gasteiger partial charge in [0.2, 0.25) is 5.91 Å². The van der Waals surface area contributed by atoms with Gasteiger partial charge < -0.3 is 9.84 Å². The number of hydrogen-bond acceptors (Lipinski definition) is 4. The summed E-state index contributed by atoms with van der Waals surface area (Å²) in [7, 11) is 0. The number of amides is 1. The van der Waals surface area contributed by atoms with E-state index in [0.717, 1.165) is 5.56 Å². The van der Waals surface area contributed by atoms with E-state index in [-0.39, 0.29) is 5.91 Å². The van der Waals surface area contributed by atoms with Crippen molar-refractivity contribution in [3.63, 3.8) is 0 Å². The minimum Gasteiger partial charge on any atom is -0.326 e. The Labute approximate surface area is 210 Å². The van der Waals surface area contributed by atoms with E-state index in [4.69, 9.17) is 4.52 Å². The van der Waals surface area contributed by atoms with Crippen LogP contribution in [-0.4, -0.2) is 11.1 Å². The molecule has 0 bridgehead atoms. The topological polar surface area (TPSA) is 72.2 Å². The molecule has 5 nitrogen and oxygen atoms in total. The Kier molecular flexibility index (Phi) is 8.04. The number of carbonyl (C=O) groups excluding carboxylic acids is 1. The molecule has 180 valence electrons. The molecule has 5 rings (SSSR count). The fraction of sp³-hybridized carbons (Fsp3) is 0.129. The molecule has 0 aliphatic rings. The van der Waals surface area contributed by atoms with Gasteiger partial charge in [-0.2, -0.15) is 0 Å². The van der Waals surface area contributed by atoms with Gasteiger partial charge in [0.05, 0.1) is 11.1 Å². The van der Waals surface area contributed by atoms with Crippen LogP contribution in [0.1, 0.15) is 23.2 Å². The summed E-state index contributed by atoms with van der Waals surface area (Å²) >= 11 is 0. The Balaban J connectivity index is 0.000000211. The predicted octanol–water partition coefficient (Wildman–Crippen LogP) is 6.73. The van der Waals surface area contributed by atoms with E-state index in [1.807, 2.05) is 43.3 Å². The lowest BCUT2D eigenvalue weighted by Crippen LogP contribution is -2.12. The van der Waals surface area contributed by atoms with Gasteiger partial charge in [-0.25, -0.2) is 4.79 Å². The summed E-state index contributed by atoms with van der Waals surface area (Å²) in [5.41, 5.74) is 5.66. The SMILES string of the molecule is Cc1ccc(CCC(=O)Nc2ccc3c(=O)onc(C)c3c2)cc1.c1ccc(-c2ccccc2)cc1. The third-order valence-corrected chi connectivity index (χ3v) is 5.82. The molecule has 0 aliphatic heterocycles. The van der Waals surface area contributed by atoms with Crippen LogP contribution in [0.25, 0.3) is 21.9 Å². The molecule has 0 saturated carbocycles. The third-order valence-electron chi connectivity index (χ3n) is 5.82. The Morgan fingerprint density at radius 2 is 1.39 bits per heavy atom. The average molecular weight is 477 g/mol. The van der Waals surface area contributed by atoms with E-state index < -0.39 is 5.63 Å². The van der Waals surface area contributed by atoms with Crippen LogP contribution < -0.4 is 10.9 Å². The first-order valence-electron chi connectivity index (χ1n) is 11.9. The number of nitrogens with zero attached hydrogens (tertiary/aromatic N) is 1. The molecule has 36 heavy (non-hydrogen) atoms. The molecule has 4 aromatic carbocycles. The van der Waals surface area contributed by atoms with Gasteiger partial charge in [0.1, 0.15) is 0 Å². The molecule has 5 aromatic rings. The second-order valence-corrected chi connectivity index (χ2v) is 8.58. The Morgan fingerprint density at radius 1 is 0.778 bits per heavy atom. The standard InChI is InChI=1S/C19H18N2O3.C12H10/c1-12-3-5-14(6-4-12)7-10-18(22)20-15-8-9-16-17(11-15)13(2)21-24-19(16)23;1-3-7-11(8-4-1)12-9-5-2-6-10-12/h3-6,8-9,11H,7,10H2,1-2H3,(H,20,22);1-10H. The first-order valence-corrected chi connectivity index (χ1v) is 11.9. The first kappa shape index (κ1) is 24.6. The molecule has 5 heteroatoms. The van der Waals surface area contributed by atoms with Crippen LogP contribution in [0.4, 0.5) is 5.69 Å². The van der Waals surface area contributed by atoms with Crippen molar-refractivity contribution in [3.8, 4) is 11.1 Å². The van der Waals surface area contributed by atoms with Crippen LogP contribution >= 0.6 is 0 Å². The van der Waals surface area contributed by atoms with Crippen LogP contribution in [0.2, 0.25) is 0 Å². The summed E-state index contributed by atoms with van der Waals surface area (Å²) in [6.07, 6.45) is 1.08. The van der Waals surface area contributed by atoms with Crippen LogP contribution in [0, 0.1) is 13.8 Å². The Hall–Kier alpha value is -4.51. The second kappa shape index (κ2) is 11.8. The smallest absolute Gasteiger partial charge is 0.326 e. The van der Waals surface area contributed by atoms with E-state index in [9.17, 15) is 9.59 Å². The van der Waals surface area contributed by atoms with Crippen molar-refractivity contribution in [3.05, 3.63) is 130 Å². The highest BCUT2D eigenvalue weighted by Crippen LogP contribution is 2.19. The van der Waals surface area contributed by atoms with Crippen molar-refractivity contribution >= 4 is 22.4 Å². The molecule has 0 aliphatic carbocycles. The van der Waals surface area contributed by atoms with Gasteiger partial charge in [0, 0.05) is 17.5 Å². The van der Waals surface area contributed by atoms with E-state index >= 15 is 0 Å². The van der Waals surface area contributed by atoms with E-state index in [1.54, 1.807) is 25.1 Å². The van der Waals surface area contributed by atoms with Crippen LogP contribution in [-0.2, 0) is 11.2 Å². The summed E-state index contributed by atoms with van der Waals surface area (Å²) < 4.78 is 4.70. The zero-order valence-corrected chi connectivity index (χ0v) is 20.4. The third kappa shape index (κ3) is 6.54. The molecule has 0 unspecified atom stereocenters. The van der Waals surface area contributed by atoms with Crippen LogP contribution in [0.3, 0.4) is 0 Å². The summed E-state index contributed by atoms with van der Waals surface area (Å²) in [6.45, 7) is 3.79. The minimum absolute atomic E-state index is 0.0662. The lowest BCUT2D eigenvalue weighted by atomic mass is 10.1. The molecule has 1 heterocycles. The second-order valence-electron chi connectivity index (χ2n) is 8.58. The van der Waals surface area contributed by atoms with Crippen molar-refractivity contribution in [2.45, 2.75) is 26.7 Å². The monoisotopic (exact) mass is 476 g/mol. The van der Waals surface area contributed by atoms with Gasteiger partial charge in [-0.1, -0.05) is 95.6 Å². The van der Waals surface area contributed by atoms with Crippen LogP contribution in [0.15, 0.2) is 112 Å². The number of aromatic nitrogens is 1. The normalized spacial score (nSPS) is 10.4. The molecule has 1 amide bonds. The molecule has 0 spiro atoms. The first-order chi connectivity index (χ1) is 17.5. The molecular formula is C31H28N2O3. The molecular weight excluding hydrogens is 448 g/mol. The highest BCUT2D eigenvalue weighted by molar-refractivity contribution is 5.94. The highest BCUT2D eigenvalue weighted by atomic mass is 16.5. The molecule has 1 aromatic heterocycles. The Morgan fingerprint density at radius 3 is 2.00 bits per heavy atom. The molecule has 0 saturated heterocycles. The number of rotatable bonds is 5. The predicted molar refractivity (Wildman–Crippen MR) is 145 cm³/mol. The van der Waals surface area contributed by atoms with Gasteiger partial charge in [-0.15, -0.1) is 0 Å². The van der Waals surface area contributed by atoms with Crippen LogP contribution in [0.5, 0.6) is 0 Å². The maximum Gasteiger partial charge on any atom is 0.366 e. The van der Waals surface area contributed by atoms with Crippen molar-refractivity contribution in [2.24, 2.45) is 0 Å². The Bertz CT molecular complexity index is 1460. The van der Waals surface area contributed by atoms with E-state index in [0.29, 0.717) is 35.0 Å². The zero-order valence-electron chi connectivity index (χ0n) is 20.4. The van der Waals surface area contributed by atoms with Gasteiger partial charge in [-0.05, 0) is 55.2 Å². The quantitative estimate of drug-likeness (QED) is 0.305. The number of nitrogens with one attached hydrogen (secondary N) is 1. The van der Waals surface area contributed by atoms with Gasteiger partial charge in [0.15, 0.2) is 0 Å². The summed E-state index contributed by atoms with van der Waals surface area (Å²) in [4.78, 5) is 23.8. The van der Waals surface area contributed by atoms with Crippen molar-refractivity contribution in [1.29, 1.82) is 0 Å². The van der Waals surface area contributed by atoms with Gasteiger partial charge in [0.25, 0.3) is 0 Å². The molecule has 0 fully saturated rings. The van der Waals surface area contributed by atoms with Gasteiger partial charge >= 0.3 is 5.63 Å². The van der Waals surface area contributed by atoms with Crippen molar-refractivity contribution in [1.82, 2.24) is 5.16 Å². The number of anilines is 1. The molecule has 0 radical (unpaired) electrons. The number of carbonyl (C=O) groups is 1. The fourth-order valence-corrected chi connectivity index (χ4v) is 3.80. The number of hydrogen-bond donors (Lipinski definition) is 1. The average Bonchev–Trinajstić information content (AvgIpc) is 2.92. The molecule has 0 atom stereocenters. The van der Waals surface area contributed by atoms with E-state index in [1.165, 1.54) is 16.7 Å². The fourth-order valence-electron chi connectivity index (χ4n) is 3.80. The number of fused-ring (bicyclic) bond motifs is 1. The lowest BCUT2D eigenvalue weighted by Gasteiger charge is -2.07. The largest absolute Gasteiger partial charge is 0.366 e. The summed E-state index contributed by atoms with van der Waals surface area (Å²) in [6, 6.07) is 34.0. The number of benzene rings is 4. The maximum atomic E-state index is 12.1. The van der Waals surface area contributed by atoms with Gasteiger partial charge in [-0.3, -0.25) is 4.79 Å². The minimum atomic E-state index is -0.479. The molecule has 1 N–H and O–H groups in total. The summed E-state index contributed by atoms with van der Waals surface area (Å²) in [5.74, 6) is -0.0662. The lowest BCUT2D eigenvalue weighted by molar-refractivity contribution is -0.116. The maximum absolute atomic E-state index is 12.1. The highest BCUT2D eigenvalue weighted by Gasteiger charge is 2.08. The zero-order chi connectivity index (χ0) is 25.3. The van der Waals surface area contributed by atoms with Crippen molar-refractivity contribution in [2.75, 3.05) is 5.32 Å². The summed E-state index contributed by atoms with van der Waals surface area (Å²) in [5, 5.41) is 7.71. The number of aryl methyl sites for hydroxylation is 3.